The van der Waals surface area contributed by atoms with Crippen molar-refractivity contribution in [1.29, 1.82) is 0 Å². The van der Waals surface area contributed by atoms with Gasteiger partial charge < -0.3 is 14.9 Å². The number of hydrogen-bond donors (Lipinski definition) is 2. The van der Waals surface area contributed by atoms with Gasteiger partial charge in [0, 0.05) is 19.4 Å². The molecule has 1 heterocycles. The molecule has 1 fully saturated rings. The molecule has 0 radical (unpaired) electrons. The molecule has 1 amide bonds. The number of halogens is 3. The molecule has 0 aromatic heterocycles. The lowest BCUT2D eigenvalue weighted by molar-refractivity contribution is -0.276. The Morgan fingerprint density at radius 1 is 1.29 bits per heavy atom. The Morgan fingerprint density at radius 3 is 2.19 bits per heavy atom. The van der Waals surface area contributed by atoms with Gasteiger partial charge in [0.05, 0.1) is 0 Å². The maximum absolute atomic E-state index is 12.8. The van der Waals surface area contributed by atoms with Crippen LogP contribution >= 0.6 is 0 Å². The predicted molar refractivity (Wildman–Crippen MR) is 64.6 cm³/mol. The van der Waals surface area contributed by atoms with Gasteiger partial charge in [-0.3, -0.25) is 4.90 Å². The number of aliphatic carboxylic acids is 1. The van der Waals surface area contributed by atoms with Crippen molar-refractivity contribution >= 4 is 12.1 Å². The average Bonchev–Trinajstić information content (AvgIpc) is 2.24. The van der Waals surface area contributed by atoms with E-state index in [1.807, 2.05) is 0 Å². The van der Waals surface area contributed by atoms with Crippen LogP contribution in [0.1, 0.15) is 33.6 Å². The van der Waals surface area contributed by atoms with Crippen LogP contribution in [0.4, 0.5) is 18.0 Å². The quantitative estimate of drug-likeness (QED) is 0.770. The number of nitrogens with zero attached hydrogens (tertiary/aromatic N) is 1. The molecule has 21 heavy (non-hydrogen) atoms. The van der Waals surface area contributed by atoms with Gasteiger partial charge in [0.25, 0.3) is 0 Å². The fourth-order valence-corrected chi connectivity index (χ4v) is 2.01. The Bertz CT molecular complexity index is 432. The molecule has 6 nitrogen and oxygen atoms in total. The van der Waals surface area contributed by atoms with Crippen LogP contribution in [0.5, 0.6) is 0 Å². The zero-order valence-corrected chi connectivity index (χ0v) is 11.9. The van der Waals surface area contributed by atoms with Crippen LogP contribution in [0.3, 0.4) is 0 Å². The van der Waals surface area contributed by atoms with Gasteiger partial charge in [-0.25, -0.2) is 9.59 Å². The summed E-state index contributed by atoms with van der Waals surface area (Å²) < 4.78 is 43.3. The maximum atomic E-state index is 12.8. The summed E-state index contributed by atoms with van der Waals surface area (Å²) in [7, 11) is 0. The van der Waals surface area contributed by atoms with E-state index < -0.39 is 54.9 Å². The van der Waals surface area contributed by atoms with E-state index in [2.05, 4.69) is 0 Å². The van der Waals surface area contributed by atoms with Gasteiger partial charge in [0.1, 0.15) is 11.6 Å². The summed E-state index contributed by atoms with van der Waals surface area (Å²) in [5.74, 6) is -1.62. The molecule has 1 aliphatic heterocycles. The van der Waals surface area contributed by atoms with Gasteiger partial charge in [-0.15, -0.1) is 0 Å². The molecule has 122 valence electrons. The van der Waals surface area contributed by atoms with Gasteiger partial charge in [-0.2, -0.15) is 13.2 Å². The van der Waals surface area contributed by atoms with E-state index in [4.69, 9.17) is 9.84 Å². The van der Waals surface area contributed by atoms with Gasteiger partial charge in [-0.1, -0.05) is 0 Å². The van der Waals surface area contributed by atoms with Crippen molar-refractivity contribution in [3.05, 3.63) is 0 Å². The Morgan fingerprint density at radius 2 is 1.81 bits per heavy atom. The minimum absolute atomic E-state index is 0.554. The van der Waals surface area contributed by atoms with E-state index in [-0.39, 0.29) is 0 Å². The van der Waals surface area contributed by atoms with Crippen molar-refractivity contribution in [3.8, 4) is 0 Å². The van der Waals surface area contributed by atoms with E-state index in [1.165, 1.54) is 0 Å². The molecule has 0 unspecified atom stereocenters. The Labute approximate surface area is 119 Å². The fraction of sp³-hybridized carbons (Fsp3) is 0.833. The highest BCUT2D eigenvalue weighted by molar-refractivity contribution is 5.80. The van der Waals surface area contributed by atoms with Crippen molar-refractivity contribution in [2.45, 2.75) is 57.0 Å². The van der Waals surface area contributed by atoms with Crippen LogP contribution in [-0.4, -0.2) is 57.1 Å². The molecule has 1 aliphatic rings. The summed E-state index contributed by atoms with van der Waals surface area (Å²) in [5, 5.41) is 18.6. The average molecular weight is 313 g/mol. The molecule has 0 aromatic carbocycles. The van der Waals surface area contributed by atoms with Crippen LogP contribution in [-0.2, 0) is 9.53 Å². The van der Waals surface area contributed by atoms with Crippen LogP contribution in [0.15, 0.2) is 0 Å². The largest absolute Gasteiger partial charge is 0.480 e. The molecule has 1 saturated heterocycles. The highest BCUT2D eigenvalue weighted by Crippen LogP contribution is 2.40. The lowest BCUT2D eigenvalue weighted by Gasteiger charge is -2.42. The first kappa shape index (κ1) is 17.5. The monoisotopic (exact) mass is 313 g/mol. The van der Waals surface area contributed by atoms with E-state index in [0.29, 0.717) is 4.90 Å². The number of carboxylic acid groups (broad SMARTS) is 1. The molecule has 0 aliphatic carbocycles. The number of aliphatic hydroxyl groups is 1. The van der Waals surface area contributed by atoms with Crippen molar-refractivity contribution < 1.29 is 37.7 Å². The first-order valence-electron chi connectivity index (χ1n) is 6.28. The molecule has 2 N–H and O–H groups in total. The summed E-state index contributed by atoms with van der Waals surface area (Å²) in [4.78, 5) is 23.7. The van der Waals surface area contributed by atoms with Crippen molar-refractivity contribution in [3.63, 3.8) is 0 Å². The number of carbonyl (C=O) groups excluding carboxylic acids is 1. The minimum Gasteiger partial charge on any atom is -0.480 e. The Balaban J connectivity index is 2.96. The number of amides is 1. The number of carbonyl (C=O) groups is 2. The summed E-state index contributed by atoms with van der Waals surface area (Å²) in [5.41, 5.74) is -4.02. The highest BCUT2D eigenvalue weighted by atomic mass is 19.4. The summed E-state index contributed by atoms with van der Waals surface area (Å²) in [6, 6.07) is -1.79. The number of alkyl halides is 3. The third-order valence-corrected chi connectivity index (χ3v) is 3.11. The van der Waals surface area contributed by atoms with Crippen molar-refractivity contribution in [2.24, 2.45) is 0 Å². The van der Waals surface area contributed by atoms with Crippen LogP contribution in [0, 0.1) is 0 Å². The number of rotatable bonds is 1. The molecule has 0 bridgehead atoms. The number of likely N-dealkylation sites (tertiary alicyclic amines) is 1. The van der Waals surface area contributed by atoms with Crippen LogP contribution < -0.4 is 0 Å². The predicted octanol–water partition coefficient (Wildman–Crippen LogP) is 1.76. The highest BCUT2D eigenvalue weighted by Gasteiger charge is 2.59. The van der Waals surface area contributed by atoms with E-state index in [1.54, 1.807) is 20.8 Å². The second-order valence-electron chi connectivity index (χ2n) is 6.01. The summed E-state index contributed by atoms with van der Waals surface area (Å²) >= 11 is 0. The first-order chi connectivity index (χ1) is 9.27. The van der Waals surface area contributed by atoms with Crippen molar-refractivity contribution in [2.75, 3.05) is 6.54 Å². The fourth-order valence-electron chi connectivity index (χ4n) is 2.01. The number of piperidine rings is 1. The van der Waals surface area contributed by atoms with Gasteiger partial charge >= 0.3 is 18.2 Å². The lowest BCUT2D eigenvalue weighted by Crippen LogP contribution is -2.61. The number of hydrogen-bond acceptors (Lipinski definition) is 4. The molecule has 2 atom stereocenters. The molecular weight excluding hydrogens is 295 g/mol. The number of ether oxygens (including phenoxy) is 1. The smallest absolute Gasteiger partial charge is 0.417 e. The van der Waals surface area contributed by atoms with Crippen LogP contribution in [0.2, 0.25) is 0 Å². The molecule has 1 rings (SSSR count). The SMILES string of the molecule is CC(C)(C)OC(=O)N1CC[C@@](O)(C(F)(F)F)C[C@@H]1C(=O)O. The Kier molecular flexibility index (Phi) is 4.48. The molecule has 0 saturated carbocycles. The van der Waals surface area contributed by atoms with Crippen molar-refractivity contribution in [1.82, 2.24) is 4.90 Å². The van der Waals surface area contributed by atoms with E-state index in [0.717, 1.165) is 0 Å². The molecule has 0 spiro atoms. The van der Waals surface area contributed by atoms with E-state index in [9.17, 15) is 27.9 Å². The summed E-state index contributed by atoms with van der Waals surface area (Å²) in [6.45, 7) is 4.10. The molecule has 9 heteroatoms. The second-order valence-corrected chi connectivity index (χ2v) is 6.01. The number of carboxylic acids is 1. The first-order valence-corrected chi connectivity index (χ1v) is 6.28. The third-order valence-electron chi connectivity index (χ3n) is 3.11. The maximum Gasteiger partial charge on any atom is 0.417 e. The standard InChI is InChI=1S/C12H18F3NO5/c1-10(2,3)21-9(19)16-5-4-11(20,12(13,14)15)6-7(16)8(17)18/h7,20H,4-6H2,1-3H3,(H,17,18)/t7-,11+/m1/s1. The second kappa shape index (κ2) is 5.36. The van der Waals surface area contributed by atoms with Gasteiger partial charge in [-0.05, 0) is 20.8 Å². The normalized spacial score (nSPS) is 27.4. The zero-order chi connectivity index (χ0) is 16.6. The van der Waals surface area contributed by atoms with Gasteiger partial charge in [0.2, 0.25) is 0 Å². The third kappa shape index (κ3) is 3.99. The minimum atomic E-state index is -4.96. The topological polar surface area (TPSA) is 87.1 Å². The summed E-state index contributed by atoms with van der Waals surface area (Å²) in [6.07, 6.45) is -7.88. The van der Waals surface area contributed by atoms with E-state index >= 15 is 0 Å². The Hall–Kier alpha value is -1.51. The van der Waals surface area contributed by atoms with Gasteiger partial charge in [0.15, 0.2) is 5.60 Å². The zero-order valence-electron chi connectivity index (χ0n) is 11.9. The molecular formula is C12H18F3NO5. The molecule has 0 aromatic rings. The van der Waals surface area contributed by atoms with Crippen LogP contribution in [0.25, 0.3) is 0 Å². The lowest BCUT2D eigenvalue weighted by atomic mass is 9.86.